The summed E-state index contributed by atoms with van der Waals surface area (Å²) >= 11 is 0. The lowest BCUT2D eigenvalue weighted by atomic mass is 10.2. The Bertz CT molecular complexity index is 686. The summed E-state index contributed by atoms with van der Waals surface area (Å²) in [6.07, 6.45) is 3.37. The minimum Gasteiger partial charge on any atom is -0.374 e. The second-order valence-corrected chi connectivity index (χ2v) is 6.13. The molecule has 24 heavy (non-hydrogen) atoms. The fourth-order valence-electron chi connectivity index (χ4n) is 2.93. The number of carbonyl (C=O) groups excluding carboxylic acids is 1. The molecule has 1 amide bonds. The lowest BCUT2D eigenvalue weighted by Crippen LogP contribution is -2.47. The second kappa shape index (κ2) is 7.55. The largest absolute Gasteiger partial charge is 0.374 e. The Morgan fingerprint density at radius 2 is 2.33 bits per heavy atom. The molecule has 0 aromatic carbocycles. The van der Waals surface area contributed by atoms with E-state index >= 15 is 0 Å². The molecule has 1 aliphatic rings. The smallest absolute Gasteiger partial charge is 0.238 e. The monoisotopic (exact) mass is 329 g/mol. The zero-order chi connectivity index (χ0) is 16.9. The molecule has 2 aromatic heterocycles. The van der Waals surface area contributed by atoms with E-state index in [2.05, 4.69) is 26.4 Å². The highest BCUT2D eigenvalue weighted by atomic mass is 16.5. The molecule has 1 N–H and O–H groups in total. The van der Waals surface area contributed by atoms with E-state index in [9.17, 15) is 4.79 Å². The molecule has 0 bridgehead atoms. The number of morpholine rings is 1. The van der Waals surface area contributed by atoms with E-state index in [0.717, 1.165) is 30.2 Å². The van der Waals surface area contributed by atoms with Gasteiger partial charge in [0.2, 0.25) is 5.91 Å². The Balaban J connectivity index is 1.52. The molecule has 1 saturated heterocycles. The lowest BCUT2D eigenvalue weighted by molar-refractivity contribution is -0.119. The van der Waals surface area contributed by atoms with Gasteiger partial charge in [0.1, 0.15) is 0 Å². The average molecular weight is 329 g/mol. The summed E-state index contributed by atoms with van der Waals surface area (Å²) in [7, 11) is 0. The lowest BCUT2D eigenvalue weighted by Gasteiger charge is -2.32. The van der Waals surface area contributed by atoms with E-state index in [4.69, 9.17) is 4.74 Å². The van der Waals surface area contributed by atoms with Crippen LogP contribution in [0.3, 0.4) is 0 Å². The third-order valence-electron chi connectivity index (χ3n) is 4.02. The van der Waals surface area contributed by atoms with Crippen LogP contribution >= 0.6 is 0 Å². The van der Waals surface area contributed by atoms with E-state index in [1.807, 2.05) is 24.6 Å². The van der Waals surface area contributed by atoms with Crippen LogP contribution in [-0.2, 0) is 16.1 Å². The summed E-state index contributed by atoms with van der Waals surface area (Å²) in [6.45, 7) is 7.20. The van der Waals surface area contributed by atoms with Gasteiger partial charge in [-0.05, 0) is 32.0 Å². The molecule has 1 aliphatic heterocycles. The Morgan fingerprint density at radius 3 is 3.04 bits per heavy atom. The fraction of sp³-hybridized carbons (Fsp3) is 0.471. The summed E-state index contributed by atoms with van der Waals surface area (Å²) in [6, 6.07) is 5.69. The van der Waals surface area contributed by atoms with Crippen LogP contribution in [0.15, 0.2) is 30.6 Å². The van der Waals surface area contributed by atoms with Crippen LogP contribution in [-0.4, -0.2) is 57.9 Å². The van der Waals surface area contributed by atoms with Crippen molar-refractivity contribution in [3.05, 3.63) is 42.0 Å². The van der Waals surface area contributed by atoms with E-state index in [-0.39, 0.29) is 12.0 Å². The Kier molecular flexibility index (Phi) is 5.22. The molecular weight excluding hydrogens is 306 g/mol. The van der Waals surface area contributed by atoms with Crippen LogP contribution in [0.4, 0.5) is 5.69 Å². The van der Waals surface area contributed by atoms with Gasteiger partial charge in [0.25, 0.3) is 0 Å². The van der Waals surface area contributed by atoms with Crippen molar-refractivity contribution in [3.63, 3.8) is 0 Å². The van der Waals surface area contributed by atoms with Crippen molar-refractivity contribution in [1.29, 1.82) is 0 Å². The molecular formula is C17H23N5O2. The number of hydrogen-bond acceptors (Lipinski definition) is 5. The minimum atomic E-state index is -0.0326. The summed E-state index contributed by atoms with van der Waals surface area (Å²) < 4.78 is 7.80. The summed E-state index contributed by atoms with van der Waals surface area (Å²) in [5.41, 5.74) is 2.86. The Labute approximate surface area is 141 Å². The van der Waals surface area contributed by atoms with Gasteiger partial charge in [0.15, 0.2) is 0 Å². The number of hydrogen-bond donors (Lipinski definition) is 1. The van der Waals surface area contributed by atoms with Gasteiger partial charge >= 0.3 is 0 Å². The number of rotatable bonds is 5. The van der Waals surface area contributed by atoms with E-state index in [0.29, 0.717) is 19.7 Å². The highest BCUT2D eigenvalue weighted by Gasteiger charge is 2.23. The number of amides is 1. The number of aromatic nitrogens is 3. The van der Waals surface area contributed by atoms with E-state index in [1.165, 1.54) is 0 Å². The van der Waals surface area contributed by atoms with Crippen LogP contribution in [0.2, 0.25) is 0 Å². The summed E-state index contributed by atoms with van der Waals surface area (Å²) in [5.74, 6) is -0.0326. The molecule has 3 rings (SSSR count). The maximum Gasteiger partial charge on any atom is 0.238 e. The predicted molar refractivity (Wildman–Crippen MR) is 90.7 cm³/mol. The first-order chi connectivity index (χ1) is 11.6. The van der Waals surface area contributed by atoms with Gasteiger partial charge in [-0.3, -0.25) is 19.4 Å². The topological polar surface area (TPSA) is 72.3 Å². The van der Waals surface area contributed by atoms with Crippen molar-refractivity contribution in [2.75, 3.05) is 31.6 Å². The quantitative estimate of drug-likeness (QED) is 0.893. The van der Waals surface area contributed by atoms with Gasteiger partial charge in [-0.15, -0.1) is 0 Å². The number of anilines is 1. The minimum absolute atomic E-state index is 0.0326. The molecule has 0 spiro atoms. The summed E-state index contributed by atoms with van der Waals surface area (Å²) in [5, 5.41) is 7.34. The molecule has 128 valence electrons. The highest BCUT2D eigenvalue weighted by Crippen LogP contribution is 2.10. The van der Waals surface area contributed by atoms with Crippen molar-refractivity contribution in [1.82, 2.24) is 19.7 Å². The number of nitrogens with one attached hydrogen (secondary N) is 1. The fourth-order valence-corrected chi connectivity index (χ4v) is 2.93. The molecule has 0 unspecified atom stereocenters. The standard InChI is InChI=1S/C17H23N5O2/c1-13-8-14(2)22(20-13)11-16-10-21(6-7-24-16)12-17(23)19-15-4-3-5-18-9-15/h3-5,8-9,16H,6-7,10-12H2,1-2H3,(H,19,23)/t16-/m0/s1. The number of nitrogens with zero attached hydrogens (tertiary/aromatic N) is 4. The first-order valence-electron chi connectivity index (χ1n) is 8.15. The Hall–Kier alpha value is -2.25. The number of aryl methyl sites for hydroxylation is 2. The van der Waals surface area contributed by atoms with Gasteiger partial charge < -0.3 is 10.1 Å². The SMILES string of the molecule is Cc1cc(C)n(C[C@@H]2CN(CC(=O)Nc3cccnc3)CCO2)n1. The highest BCUT2D eigenvalue weighted by molar-refractivity contribution is 5.92. The molecule has 7 heteroatoms. The molecule has 0 saturated carbocycles. The van der Waals surface area contributed by atoms with E-state index in [1.54, 1.807) is 18.5 Å². The van der Waals surface area contributed by atoms with Crippen LogP contribution < -0.4 is 5.32 Å². The molecule has 0 radical (unpaired) electrons. The average Bonchev–Trinajstić information content (AvgIpc) is 2.86. The number of carbonyl (C=O) groups is 1. The second-order valence-electron chi connectivity index (χ2n) is 6.13. The van der Waals surface area contributed by atoms with Gasteiger partial charge in [-0.2, -0.15) is 5.10 Å². The third kappa shape index (κ3) is 4.39. The van der Waals surface area contributed by atoms with Crippen LogP contribution in [0.1, 0.15) is 11.4 Å². The third-order valence-corrected chi connectivity index (χ3v) is 4.02. The van der Waals surface area contributed by atoms with Crippen molar-refractivity contribution in [2.45, 2.75) is 26.5 Å². The number of ether oxygens (including phenoxy) is 1. The molecule has 1 atom stereocenters. The van der Waals surface area contributed by atoms with Gasteiger partial charge in [-0.1, -0.05) is 0 Å². The summed E-state index contributed by atoms with van der Waals surface area (Å²) in [4.78, 5) is 18.3. The zero-order valence-electron chi connectivity index (χ0n) is 14.1. The van der Waals surface area contributed by atoms with Gasteiger partial charge in [0.05, 0.1) is 43.4 Å². The maximum absolute atomic E-state index is 12.2. The van der Waals surface area contributed by atoms with E-state index < -0.39 is 0 Å². The van der Waals surface area contributed by atoms with Crippen molar-refractivity contribution in [2.24, 2.45) is 0 Å². The molecule has 0 aliphatic carbocycles. The molecule has 7 nitrogen and oxygen atoms in total. The number of pyridine rings is 1. The van der Waals surface area contributed by atoms with Gasteiger partial charge in [-0.25, -0.2) is 0 Å². The first-order valence-corrected chi connectivity index (χ1v) is 8.15. The van der Waals surface area contributed by atoms with Crippen LogP contribution in [0, 0.1) is 13.8 Å². The molecule has 2 aromatic rings. The maximum atomic E-state index is 12.2. The Morgan fingerprint density at radius 1 is 1.46 bits per heavy atom. The zero-order valence-corrected chi connectivity index (χ0v) is 14.1. The van der Waals surface area contributed by atoms with Crippen LogP contribution in [0.5, 0.6) is 0 Å². The normalized spacial score (nSPS) is 18.5. The first kappa shape index (κ1) is 16.6. The van der Waals surface area contributed by atoms with Crippen molar-refractivity contribution >= 4 is 11.6 Å². The predicted octanol–water partition coefficient (Wildman–Crippen LogP) is 1.23. The van der Waals surface area contributed by atoms with Crippen molar-refractivity contribution in [3.8, 4) is 0 Å². The van der Waals surface area contributed by atoms with Crippen molar-refractivity contribution < 1.29 is 9.53 Å². The molecule has 1 fully saturated rings. The van der Waals surface area contributed by atoms with Crippen LogP contribution in [0.25, 0.3) is 0 Å². The van der Waals surface area contributed by atoms with Gasteiger partial charge in [0, 0.05) is 25.0 Å². The molecule has 3 heterocycles.